The molecule has 0 aromatic heterocycles. The molecule has 0 unspecified atom stereocenters. The number of hydrogen-bond donors (Lipinski definition) is 4. The fourth-order valence-corrected chi connectivity index (χ4v) is 1.24. The molecule has 5 nitrogen and oxygen atoms in total. The second-order valence-corrected chi connectivity index (χ2v) is 3.89. The summed E-state index contributed by atoms with van der Waals surface area (Å²) >= 11 is 0. The van der Waals surface area contributed by atoms with E-state index in [2.05, 4.69) is 5.32 Å². The molecule has 19 heavy (non-hydrogen) atoms. The quantitative estimate of drug-likeness (QED) is 0.466. The molecule has 0 saturated heterocycles. The largest absolute Gasteiger partial charge is 0.508 e. The number of nitrogen functional groups attached to an aromatic ring is 2. The van der Waals surface area contributed by atoms with Gasteiger partial charge >= 0.3 is 0 Å². The lowest BCUT2D eigenvalue weighted by molar-refractivity contribution is -0.114. The van der Waals surface area contributed by atoms with Gasteiger partial charge in [0.25, 0.3) is 0 Å². The van der Waals surface area contributed by atoms with Crippen molar-refractivity contribution in [2.45, 2.75) is 6.92 Å². The lowest BCUT2D eigenvalue weighted by Gasteiger charge is -2.00. The fraction of sp³-hybridized carbons (Fsp3) is 0.0714. The van der Waals surface area contributed by atoms with Gasteiger partial charge in [-0.3, -0.25) is 4.79 Å². The molecule has 5 heteroatoms. The molecule has 0 aliphatic rings. The Morgan fingerprint density at radius 1 is 0.947 bits per heavy atom. The molecule has 0 bridgehead atoms. The number of carbonyl (C=O) groups excluding carboxylic acids is 1. The minimum Gasteiger partial charge on any atom is -0.508 e. The molecule has 0 aliphatic carbocycles. The van der Waals surface area contributed by atoms with Crippen molar-refractivity contribution in [2.75, 3.05) is 16.8 Å². The summed E-state index contributed by atoms with van der Waals surface area (Å²) in [5.74, 6) is 0.175. The summed E-state index contributed by atoms with van der Waals surface area (Å²) in [4.78, 5) is 10.6. The third kappa shape index (κ3) is 5.97. The lowest BCUT2D eigenvalue weighted by atomic mass is 10.3. The predicted octanol–water partition coefficient (Wildman–Crippen LogP) is 2.20. The van der Waals surface area contributed by atoms with Crippen LogP contribution >= 0.6 is 0 Å². The molecule has 1 amide bonds. The van der Waals surface area contributed by atoms with Crippen LogP contribution in [0, 0.1) is 0 Å². The van der Waals surface area contributed by atoms with Crippen LogP contribution in [0.25, 0.3) is 0 Å². The number of aromatic hydroxyl groups is 1. The van der Waals surface area contributed by atoms with E-state index in [4.69, 9.17) is 16.6 Å². The molecule has 0 spiro atoms. The first kappa shape index (κ1) is 14.4. The highest BCUT2D eigenvalue weighted by Crippen LogP contribution is 2.10. The van der Waals surface area contributed by atoms with Crippen LogP contribution < -0.4 is 16.8 Å². The van der Waals surface area contributed by atoms with Gasteiger partial charge in [-0.25, -0.2) is 0 Å². The van der Waals surface area contributed by atoms with Crippen molar-refractivity contribution in [1.29, 1.82) is 0 Å². The van der Waals surface area contributed by atoms with Gasteiger partial charge in [0, 0.05) is 24.0 Å². The molecule has 2 aromatic carbocycles. The molecule has 0 aliphatic heterocycles. The summed E-state index contributed by atoms with van der Waals surface area (Å²) in [6.07, 6.45) is 0. The minimum absolute atomic E-state index is 0.0743. The fourth-order valence-electron chi connectivity index (χ4n) is 1.24. The zero-order valence-electron chi connectivity index (χ0n) is 10.6. The number of nitrogens with one attached hydrogen (secondary N) is 1. The highest BCUT2D eigenvalue weighted by molar-refractivity contribution is 5.88. The van der Waals surface area contributed by atoms with Gasteiger partial charge < -0.3 is 21.9 Å². The Morgan fingerprint density at radius 2 is 1.37 bits per heavy atom. The van der Waals surface area contributed by atoms with Crippen molar-refractivity contribution in [3.63, 3.8) is 0 Å². The Kier molecular flexibility index (Phi) is 5.22. The molecule has 0 heterocycles. The minimum atomic E-state index is -0.0743. The smallest absolute Gasteiger partial charge is 0.221 e. The maximum atomic E-state index is 10.6. The van der Waals surface area contributed by atoms with Gasteiger partial charge in [-0.1, -0.05) is 0 Å². The molecular weight excluding hydrogens is 242 g/mol. The Bertz CT molecular complexity index is 500. The topological polar surface area (TPSA) is 101 Å². The molecule has 0 radical (unpaired) electrons. The number of hydrogen-bond acceptors (Lipinski definition) is 4. The number of nitrogens with two attached hydrogens (primary N) is 2. The van der Waals surface area contributed by atoms with Crippen LogP contribution in [0.2, 0.25) is 0 Å². The van der Waals surface area contributed by atoms with Gasteiger partial charge in [-0.2, -0.15) is 0 Å². The van der Waals surface area contributed by atoms with Crippen LogP contribution in [-0.2, 0) is 4.79 Å². The predicted molar refractivity (Wildman–Crippen MR) is 77.7 cm³/mol. The molecule has 0 fully saturated rings. The summed E-state index contributed by atoms with van der Waals surface area (Å²) in [6.45, 7) is 1.47. The van der Waals surface area contributed by atoms with E-state index in [0.29, 0.717) is 11.4 Å². The highest BCUT2D eigenvalue weighted by atomic mass is 16.3. The van der Waals surface area contributed by atoms with Crippen LogP contribution in [0.5, 0.6) is 5.75 Å². The van der Waals surface area contributed by atoms with Crippen LogP contribution in [0.4, 0.5) is 17.1 Å². The van der Waals surface area contributed by atoms with E-state index >= 15 is 0 Å². The highest BCUT2D eigenvalue weighted by Gasteiger charge is 1.92. The maximum Gasteiger partial charge on any atom is 0.221 e. The average Bonchev–Trinajstić information content (AvgIpc) is 2.36. The van der Waals surface area contributed by atoms with Gasteiger partial charge in [0.15, 0.2) is 0 Å². The Labute approximate surface area is 111 Å². The van der Waals surface area contributed by atoms with Crippen molar-refractivity contribution in [3.8, 4) is 5.75 Å². The summed E-state index contributed by atoms with van der Waals surface area (Å²) in [6, 6.07) is 13.4. The van der Waals surface area contributed by atoms with Crippen LogP contribution in [-0.4, -0.2) is 11.0 Å². The zero-order valence-corrected chi connectivity index (χ0v) is 10.6. The first-order chi connectivity index (χ1) is 8.97. The third-order valence-corrected chi connectivity index (χ3v) is 2.12. The Morgan fingerprint density at radius 3 is 1.74 bits per heavy atom. The average molecular weight is 259 g/mol. The van der Waals surface area contributed by atoms with Gasteiger partial charge in [0.1, 0.15) is 5.75 Å². The normalized spacial score (nSPS) is 9.11. The number of rotatable bonds is 1. The number of anilines is 3. The van der Waals surface area contributed by atoms with Gasteiger partial charge in [-0.05, 0) is 48.5 Å². The first-order valence-corrected chi connectivity index (χ1v) is 5.65. The number of amides is 1. The molecule has 2 rings (SSSR count). The van der Waals surface area contributed by atoms with E-state index in [9.17, 15) is 4.79 Å². The Hall–Kier alpha value is -2.69. The van der Waals surface area contributed by atoms with Crippen molar-refractivity contribution in [3.05, 3.63) is 48.5 Å². The van der Waals surface area contributed by atoms with Crippen molar-refractivity contribution < 1.29 is 9.90 Å². The molecule has 2 aromatic rings. The van der Waals surface area contributed by atoms with E-state index < -0.39 is 0 Å². The summed E-state index contributed by atoms with van der Waals surface area (Å²) in [5.41, 5.74) is 12.9. The van der Waals surface area contributed by atoms with E-state index in [1.165, 1.54) is 6.92 Å². The van der Waals surface area contributed by atoms with Gasteiger partial charge in [-0.15, -0.1) is 0 Å². The molecular formula is C14H17N3O2. The van der Waals surface area contributed by atoms with E-state index in [-0.39, 0.29) is 11.7 Å². The molecule has 6 N–H and O–H groups in total. The SMILES string of the molecule is CC(=O)Nc1ccc(N)cc1.Nc1ccc(O)cc1. The number of carbonyl (C=O) groups is 1. The van der Waals surface area contributed by atoms with E-state index in [1.807, 2.05) is 0 Å². The second kappa shape index (κ2) is 6.90. The van der Waals surface area contributed by atoms with E-state index in [1.54, 1.807) is 48.5 Å². The molecule has 100 valence electrons. The van der Waals surface area contributed by atoms with Crippen LogP contribution in [0.3, 0.4) is 0 Å². The third-order valence-electron chi connectivity index (χ3n) is 2.12. The standard InChI is InChI=1S/C8H10N2O.C6H7NO/c1-6(11)10-8-4-2-7(9)3-5-8;7-5-1-3-6(8)4-2-5/h2-5H,9H2,1H3,(H,10,11);1-4,8H,7H2. The number of phenolic OH excluding ortho intramolecular Hbond substituents is 1. The summed E-state index contributed by atoms with van der Waals surface area (Å²) < 4.78 is 0. The number of phenols is 1. The molecule has 0 saturated carbocycles. The second-order valence-electron chi connectivity index (χ2n) is 3.89. The maximum absolute atomic E-state index is 10.6. The van der Waals surface area contributed by atoms with Gasteiger partial charge in [0.2, 0.25) is 5.91 Å². The van der Waals surface area contributed by atoms with E-state index in [0.717, 1.165) is 5.69 Å². The van der Waals surface area contributed by atoms with Gasteiger partial charge in [0.05, 0.1) is 0 Å². The monoisotopic (exact) mass is 259 g/mol. The van der Waals surface area contributed by atoms with Crippen molar-refractivity contribution in [1.82, 2.24) is 0 Å². The van der Waals surface area contributed by atoms with Crippen molar-refractivity contribution >= 4 is 23.0 Å². The van der Waals surface area contributed by atoms with Crippen LogP contribution in [0.1, 0.15) is 6.92 Å². The van der Waals surface area contributed by atoms with Crippen LogP contribution in [0.15, 0.2) is 48.5 Å². The first-order valence-electron chi connectivity index (χ1n) is 5.65. The lowest BCUT2D eigenvalue weighted by Crippen LogP contribution is -2.05. The number of benzene rings is 2. The van der Waals surface area contributed by atoms with Crippen molar-refractivity contribution in [2.24, 2.45) is 0 Å². The zero-order chi connectivity index (χ0) is 14.3. The molecule has 0 atom stereocenters. The Balaban J connectivity index is 0.000000200. The summed E-state index contributed by atoms with van der Waals surface area (Å²) in [7, 11) is 0. The summed E-state index contributed by atoms with van der Waals surface area (Å²) in [5, 5.41) is 11.3.